The van der Waals surface area contributed by atoms with E-state index in [4.69, 9.17) is 5.14 Å². The van der Waals surface area contributed by atoms with Crippen molar-refractivity contribution in [3.05, 3.63) is 63.7 Å². The van der Waals surface area contributed by atoms with Crippen molar-refractivity contribution in [2.24, 2.45) is 5.14 Å². The van der Waals surface area contributed by atoms with Gasteiger partial charge in [-0.15, -0.1) is 0 Å². The summed E-state index contributed by atoms with van der Waals surface area (Å²) in [6, 6.07) is 10.2. The third-order valence-electron chi connectivity index (χ3n) is 4.49. The van der Waals surface area contributed by atoms with Gasteiger partial charge in [0.25, 0.3) is 11.6 Å². The van der Waals surface area contributed by atoms with E-state index in [1.54, 1.807) is 12.1 Å². The second kappa shape index (κ2) is 9.75. The van der Waals surface area contributed by atoms with Gasteiger partial charge in [0.15, 0.2) is 0 Å². The molecule has 2 aromatic carbocycles. The van der Waals surface area contributed by atoms with Crippen molar-refractivity contribution >= 4 is 33.2 Å². The Morgan fingerprint density at radius 3 is 2.22 bits per heavy atom. The minimum atomic E-state index is -4.09. The van der Waals surface area contributed by atoms with Gasteiger partial charge >= 0.3 is 0 Å². The maximum atomic E-state index is 12.2. The molecule has 0 unspecified atom stereocenters. The van der Waals surface area contributed by atoms with Crippen LogP contribution in [0.4, 0.5) is 11.4 Å². The van der Waals surface area contributed by atoms with Crippen molar-refractivity contribution in [2.75, 3.05) is 11.9 Å². The number of hydrogen-bond acceptors (Lipinski definition) is 7. The fourth-order valence-electron chi connectivity index (χ4n) is 2.68. The van der Waals surface area contributed by atoms with Gasteiger partial charge in [0.05, 0.1) is 9.82 Å². The van der Waals surface area contributed by atoms with Crippen molar-refractivity contribution < 1.29 is 22.9 Å². The van der Waals surface area contributed by atoms with Crippen LogP contribution in [0.25, 0.3) is 0 Å². The van der Waals surface area contributed by atoms with E-state index in [0.717, 1.165) is 17.7 Å². The van der Waals surface area contributed by atoms with Gasteiger partial charge in [0.2, 0.25) is 15.9 Å². The van der Waals surface area contributed by atoms with Crippen LogP contribution in [0.3, 0.4) is 0 Å². The van der Waals surface area contributed by atoms with Crippen LogP contribution in [0, 0.1) is 10.1 Å². The number of nitrogens with two attached hydrogens (primary N) is 1. The molecule has 12 heteroatoms. The molecule has 0 saturated carbocycles. The number of hydrazine groups is 1. The lowest BCUT2D eigenvalue weighted by Gasteiger charge is -2.19. The molecule has 2 aromatic rings. The van der Waals surface area contributed by atoms with Crippen LogP contribution < -0.4 is 21.3 Å². The van der Waals surface area contributed by atoms with Gasteiger partial charge in [-0.3, -0.25) is 30.6 Å². The number of hydrogen-bond donors (Lipinski definition) is 4. The number of benzene rings is 2. The standard InChI is InChI=1S/C20H25N5O6S/c1-20(2,3)14-6-4-13(5-7-14)19(27)24-23-18(26)10-11-22-16-9-8-15(32(21,30)31)12-17(16)25(28)29/h4-9,12,22H,10-11H2,1-3H3,(H,23,26)(H,24,27)(H2,21,30,31). The molecular weight excluding hydrogens is 438 g/mol. The molecule has 0 atom stereocenters. The lowest BCUT2D eigenvalue weighted by Crippen LogP contribution is -2.42. The average molecular weight is 464 g/mol. The SMILES string of the molecule is CC(C)(C)c1ccc(C(=O)NNC(=O)CCNc2ccc(S(N)(=O)=O)cc2[N+](=O)[O-])cc1. The number of nitro benzene ring substituents is 1. The summed E-state index contributed by atoms with van der Waals surface area (Å²) < 4.78 is 22.7. The Balaban J connectivity index is 1.88. The zero-order chi connectivity index (χ0) is 24.1. The zero-order valence-electron chi connectivity index (χ0n) is 17.8. The summed E-state index contributed by atoms with van der Waals surface area (Å²) in [5, 5.41) is 18.9. The minimum Gasteiger partial charge on any atom is -0.379 e. The highest BCUT2D eigenvalue weighted by molar-refractivity contribution is 7.89. The number of carbonyl (C=O) groups excluding carboxylic acids is 2. The van der Waals surface area contributed by atoms with E-state index in [9.17, 15) is 28.1 Å². The van der Waals surface area contributed by atoms with Gasteiger partial charge in [-0.05, 0) is 35.2 Å². The quantitative estimate of drug-likeness (QED) is 0.358. The number of nitrogens with zero attached hydrogens (tertiary/aromatic N) is 1. The molecule has 0 heterocycles. The summed E-state index contributed by atoms with van der Waals surface area (Å²) in [7, 11) is -4.09. The van der Waals surface area contributed by atoms with E-state index < -0.39 is 37.3 Å². The monoisotopic (exact) mass is 463 g/mol. The highest BCUT2D eigenvalue weighted by Crippen LogP contribution is 2.27. The molecule has 172 valence electrons. The smallest absolute Gasteiger partial charge is 0.293 e. The summed E-state index contributed by atoms with van der Waals surface area (Å²) in [5.74, 6) is -1.01. The largest absolute Gasteiger partial charge is 0.379 e. The topological polar surface area (TPSA) is 174 Å². The Hall–Kier alpha value is -3.51. The Bertz CT molecular complexity index is 1120. The van der Waals surface area contributed by atoms with Gasteiger partial charge in [-0.25, -0.2) is 13.6 Å². The lowest BCUT2D eigenvalue weighted by atomic mass is 9.87. The van der Waals surface area contributed by atoms with Crippen molar-refractivity contribution in [3.63, 3.8) is 0 Å². The molecule has 0 aliphatic carbocycles. The van der Waals surface area contributed by atoms with Crippen LogP contribution in [0.5, 0.6) is 0 Å². The molecule has 11 nitrogen and oxygen atoms in total. The predicted octanol–water partition coefficient (Wildman–Crippen LogP) is 1.80. The number of primary sulfonamides is 1. The fourth-order valence-corrected chi connectivity index (χ4v) is 3.22. The maximum absolute atomic E-state index is 12.2. The number of rotatable bonds is 7. The van der Waals surface area contributed by atoms with E-state index in [1.165, 1.54) is 6.07 Å². The third-order valence-corrected chi connectivity index (χ3v) is 5.40. The van der Waals surface area contributed by atoms with Gasteiger partial charge < -0.3 is 5.32 Å². The third kappa shape index (κ3) is 6.75. The first-order valence-corrected chi connectivity index (χ1v) is 11.1. The second-order valence-electron chi connectivity index (χ2n) is 7.99. The summed E-state index contributed by atoms with van der Waals surface area (Å²) >= 11 is 0. The molecule has 0 fully saturated rings. The molecule has 0 spiro atoms. The summed E-state index contributed by atoms with van der Waals surface area (Å²) in [5.41, 5.74) is 5.49. The van der Waals surface area contributed by atoms with Crippen molar-refractivity contribution in [3.8, 4) is 0 Å². The van der Waals surface area contributed by atoms with Crippen LogP contribution in [-0.2, 0) is 20.2 Å². The normalized spacial score (nSPS) is 11.5. The van der Waals surface area contributed by atoms with Crippen LogP contribution in [0.2, 0.25) is 0 Å². The minimum absolute atomic E-state index is 0.00244. The number of nitrogens with one attached hydrogen (secondary N) is 3. The number of amides is 2. The molecule has 2 rings (SSSR count). The summed E-state index contributed by atoms with van der Waals surface area (Å²) in [6.45, 7) is 6.16. The van der Waals surface area contributed by atoms with Crippen LogP contribution in [-0.4, -0.2) is 31.7 Å². The van der Waals surface area contributed by atoms with E-state index in [0.29, 0.717) is 5.56 Å². The number of sulfonamides is 1. The zero-order valence-corrected chi connectivity index (χ0v) is 18.7. The lowest BCUT2D eigenvalue weighted by molar-refractivity contribution is -0.384. The average Bonchev–Trinajstić information content (AvgIpc) is 2.70. The Labute approximate surface area is 185 Å². The van der Waals surface area contributed by atoms with E-state index in [2.05, 4.69) is 36.9 Å². The number of carbonyl (C=O) groups is 2. The van der Waals surface area contributed by atoms with Crippen LogP contribution >= 0.6 is 0 Å². The highest BCUT2D eigenvalue weighted by atomic mass is 32.2. The van der Waals surface area contributed by atoms with E-state index >= 15 is 0 Å². The molecule has 0 aliphatic rings. The highest BCUT2D eigenvalue weighted by Gasteiger charge is 2.19. The Morgan fingerprint density at radius 2 is 1.69 bits per heavy atom. The number of anilines is 1. The van der Waals surface area contributed by atoms with Crippen molar-refractivity contribution in [1.82, 2.24) is 10.9 Å². The number of nitro groups is 1. The first-order chi connectivity index (χ1) is 14.8. The van der Waals surface area contributed by atoms with Crippen LogP contribution in [0.15, 0.2) is 47.4 Å². The molecule has 0 aliphatic heterocycles. The molecule has 0 saturated heterocycles. The van der Waals surface area contributed by atoms with Gasteiger partial charge in [-0.2, -0.15) is 0 Å². The summed E-state index contributed by atoms with van der Waals surface area (Å²) in [6.07, 6.45) is -0.114. The predicted molar refractivity (Wildman–Crippen MR) is 118 cm³/mol. The first kappa shape index (κ1) is 24.8. The maximum Gasteiger partial charge on any atom is 0.293 e. The molecule has 0 aromatic heterocycles. The van der Waals surface area contributed by atoms with Gasteiger partial charge in [0.1, 0.15) is 5.69 Å². The van der Waals surface area contributed by atoms with E-state index in [1.807, 2.05) is 12.1 Å². The van der Waals surface area contributed by atoms with E-state index in [-0.39, 0.29) is 24.1 Å². The second-order valence-corrected chi connectivity index (χ2v) is 9.55. The first-order valence-electron chi connectivity index (χ1n) is 9.54. The molecule has 2 amide bonds. The molecule has 0 radical (unpaired) electrons. The van der Waals surface area contributed by atoms with Gasteiger partial charge in [0, 0.05) is 24.6 Å². The van der Waals surface area contributed by atoms with Crippen molar-refractivity contribution in [2.45, 2.75) is 37.5 Å². The Morgan fingerprint density at radius 1 is 1.06 bits per heavy atom. The summed E-state index contributed by atoms with van der Waals surface area (Å²) in [4.78, 5) is 34.2. The van der Waals surface area contributed by atoms with Gasteiger partial charge in [-0.1, -0.05) is 32.9 Å². The Kier molecular flexibility index (Phi) is 7.54. The van der Waals surface area contributed by atoms with Crippen molar-refractivity contribution in [1.29, 1.82) is 0 Å². The molecular formula is C20H25N5O6S. The fraction of sp³-hybridized carbons (Fsp3) is 0.300. The molecule has 5 N–H and O–H groups in total. The van der Waals surface area contributed by atoms with Crippen LogP contribution in [0.1, 0.15) is 43.1 Å². The molecule has 0 bridgehead atoms. The molecule has 32 heavy (non-hydrogen) atoms.